The van der Waals surface area contributed by atoms with E-state index in [2.05, 4.69) is 24.4 Å². The maximum absolute atomic E-state index is 5.68. The minimum absolute atomic E-state index is 0.105. The van der Waals surface area contributed by atoms with Crippen molar-refractivity contribution in [2.45, 2.75) is 39.3 Å². The quantitative estimate of drug-likeness (QED) is 0.788. The Hall–Kier alpha value is -1.06. The second-order valence-electron chi connectivity index (χ2n) is 5.39. The highest BCUT2D eigenvalue weighted by molar-refractivity contribution is 5.30. The van der Waals surface area contributed by atoms with Gasteiger partial charge in [0, 0.05) is 6.04 Å². The van der Waals surface area contributed by atoms with Gasteiger partial charge in [-0.25, -0.2) is 0 Å². The third-order valence-corrected chi connectivity index (χ3v) is 2.68. The number of ether oxygens (including phenoxy) is 2. The van der Waals surface area contributed by atoms with Gasteiger partial charge in [-0.05, 0) is 52.4 Å². The van der Waals surface area contributed by atoms with Crippen LogP contribution in [0, 0.1) is 0 Å². The van der Waals surface area contributed by atoms with Gasteiger partial charge < -0.3 is 14.8 Å². The summed E-state index contributed by atoms with van der Waals surface area (Å²) in [6.07, 6.45) is 0. The van der Waals surface area contributed by atoms with E-state index in [-0.39, 0.29) is 5.60 Å². The van der Waals surface area contributed by atoms with Crippen LogP contribution in [0.3, 0.4) is 0 Å². The molecule has 0 aliphatic rings. The number of rotatable bonds is 6. The van der Waals surface area contributed by atoms with E-state index in [1.54, 1.807) is 0 Å². The minimum atomic E-state index is -0.105. The number of hydrogen-bond donors (Lipinski definition) is 1. The highest BCUT2D eigenvalue weighted by Crippen LogP contribution is 2.18. The Morgan fingerprint density at radius 1 is 1.22 bits per heavy atom. The van der Waals surface area contributed by atoms with Crippen LogP contribution in [0.2, 0.25) is 0 Å². The molecular formula is C15H25NO2. The second-order valence-corrected chi connectivity index (χ2v) is 5.39. The van der Waals surface area contributed by atoms with Crippen molar-refractivity contribution in [1.29, 1.82) is 0 Å². The molecule has 1 aromatic rings. The van der Waals surface area contributed by atoms with Gasteiger partial charge in [-0.1, -0.05) is 12.1 Å². The fraction of sp³-hybridized carbons (Fsp3) is 0.600. The molecule has 0 amide bonds. The molecule has 0 saturated heterocycles. The summed E-state index contributed by atoms with van der Waals surface area (Å²) in [5.74, 6) is 0.895. The molecule has 1 N–H and O–H groups in total. The average molecular weight is 251 g/mol. The lowest BCUT2D eigenvalue weighted by Crippen LogP contribution is -2.22. The first-order chi connectivity index (χ1) is 8.42. The molecular weight excluding hydrogens is 226 g/mol. The molecule has 0 aliphatic carbocycles. The van der Waals surface area contributed by atoms with E-state index < -0.39 is 0 Å². The Labute approximate surface area is 110 Å². The molecule has 18 heavy (non-hydrogen) atoms. The van der Waals surface area contributed by atoms with Crippen LogP contribution >= 0.6 is 0 Å². The first kappa shape index (κ1) is 15.0. The van der Waals surface area contributed by atoms with Gasteiger partial charge in [0.1, 0.15) is 12.4 Å². The van der Waals surface area contributed by atoms with E-state index in [4.69, 9.17) is 9.47 Å². The Morgan fingerprint density at radius 2 is 1.94 bits per heavy atom. The van der Waals surface area contributed by atoms with E-state index >= 15 is 0 Å². The van der Waals surface area contributed by atoms with Crippen molar-refractivity contribution in [1.82, 2.24) is 5.32 Å². The van der Waals surface area contributed by atoms with Crippen LogP contribution in [-0.4, -0.2) is 25.9 Å². The molecule has 0 spiro atoms. The van der Waals surface area contributed by atoms with Crippen molar-refractivity contribution >= 4 is 0 Å². The van der Waals surface area contributed by atoms with Gasteiger partial charge in [0.2, 0.25) is 0 Å². The second kappa shape index (κ2) is 6.76. The molecule has 0 saturated carbocycles. The lowest BCUT2D eigenvalue weighted by atomic mass is 10.1. The van der Waals surface area contributed by atoms with Gasteiger partial charge in [0.05, 0.1) is 12.2 Å². The Kier molecular flexibility index (Phi) is 5.63. The zero-order chi connectivity index (χ0) is 13.6. The summed E-state index contributed by atoms with van der Waals surface area (Å²) >= 11 is 0. The molecule has 1 unspecified atom stereocenters. The summed E-state index contributed by atoms with van der Waals surface area (Å²) in [6.45, 7) is 9.44. The van der Waals surface area contributed by atoms with Gasteiger partial charge in [0.25, 0.3) is 0 Å². The molecule has 1 atom stereocenters. The summed E-state index contributed by atoms with van der Waals surface area (Å²) in [4.78, 5) is 0. The Bertz CT molecular complexity index is 358. The predicted octanol–water partition coefficient (Wildman–Crippen LogP) is 3.16. The molecule has 0 bridgehead atoms. The number of nitrogens with one attached hydrogen (secondary N) is 1. The van der Waals surface area contributed by atoms with Crippen LogP contribution in [0.5, 0.6) is 5.75 Å². The summed E-state index contributed by atoms with van der Waals surface area (Å²) < 4.78 is 11.3. The zero-order valence-corrected chi connectivity index (χ0v) is 12.1. The molecule has 0 heterocycles. The maximum atomic E-state index is 5.68. The van der Waals surface area contributed by atoms with Gasteiger partial charge in [-0.15, -0.1) is 0 Å². The van der Waals surface area contributed by atoms with Crippen molar-refractivity contribution in [3.63, 3.8) is 0 Å². The standard InChI is InChI=1S/C15H25NO2/c1-12(16-5)13-7-6-8-14(11-13)17-9-10-18-15(2,3)4/h6-8,11-12,16H,9-10H2,1-5H3. The van der Waals surface area contributed by atoms with E-state index in [0.717, 1.165) is 5.75 Å². The lowest BCUT2D eigenvalue weighted by molar-refractivity contribution is -0.0163. The van der Waals surface area contributed by atoms with E-state index in [9.17, 15) is 0 Å². The monoisotopic (exact) mass is 251 g/mol. The first-order valence-corrected chi connectivity index (χ1v) is 6.46. The van der Waals surface area contributed by atoms with E-state index in [1.165, 1.54) is 5.56 Å². The van der Waals surface area contributed by atoms with Crippen molar-refractivity contribution in [2.75, 3.05) is 20.3 Å². The van der Waals surface area contributed by atoms with Gasteiger partial charge in [-0.2, -0.15) is 0 Å². The molecule has 0 fully saturated rings. The molecule has 1 aromatic carbocycles. The average Bonchev–Trinajstić information content (AvgIpc) is 2.33. The third-order valence-electron chi connectivity index (χ3n) is 2.68. The predicted molar refractivity (Wildman–Crippen MR) is 75.1 cm³/mol. The van der Waals surface area contributed by atoms with Crippen molar-refractivity contribution < 1.29 is 9.47 Å². The molecule has 0 aliphatic heterocycles. The van der Waals surface area contributed by atoms with Crippen LogP contribution in [0.25, 0.3) is 0 Å². The minimum Gasteiger partial charge on any atom is -0.491 e. The van der Waals surface area contributed by atoms with Crippen LogP contribution in [0.4, 0.5) is 0 Å². The third kappa shape index (κ3) is 5.52. The van der Waals surface area contributed by atoms with Crippen molar-refractivity contribution in [3.05, 3.63) is 29.8 Å². The van der Waals surface area contributed by atoms with E-state index in [1.807, 2.05) is 40.0 Å². The Balaban J connectivity index is 2.43. The normalized spacial score (nSPS) is 13.4. The smallest absolute Gasteiger partial charge is 0.119 e. The van der Waals surface area contributed by atoms with Crippen molar-refractivity contribution in [3.8, 4) is 5.75 Å². The molecule has 102 valence electrons. The SMILES string of the molecule is CNC(C)c1cccc(OCCOC(C)(C)C)c1. The Morgan fingerprint density at radius 3 is 2.56 bits per heavy atom. The van der Waals surface area contributed by atoms with Crippen LogP contribution in [0.15, 0.2) is 24.3 Å². The van der Waals surface area contributed by atoms with Crippen molar-refractivity contribution in [2.24, 2.45) is 0 Å². The topological polar surface area (TPSA) is 30.5 Å². The fourth-order valence-corrected chi connectivity index (χ4v) is 1.55. The molecule has 0 aromatic heterocycles. The largest absolute Gasteiger partial charge is 0.491 e. The summed E-state index contributed by atoms with van der Waals surface area (Å²) in [6, 6.07) is 8.49. The highest BCUT2D eigenvalue weighted by atomic mass is 16.5. The summed E-state index contributed by atoms with van der Waals surface area (Å²) in [5.41, 5.74) is 1.12. The maximum Gasteiger partial charge on any atom is 0.119 e. The van der Waals surface area contributed by atoms with E-state index in [0.29, 0.717) is 19.3 Å². The van der Waals surface area contributed by atoms with Crippen LogP contribution in [-0.2, 0) is 4.74 Å². The van der Waals surface area contributed by atoms with Gasteiger partial charge in [0.15, 0.2) is 0 Å². The molecule has 0 radical (unpaired) electrons. The van der Waals surface area contributed by atoms with Crippen LogP contribution in [0.1, 0.15) is 39.3 Å². The van der Waals surface area contributed by atoms with Crippen LogP contribution < -0.4 is 10.1 Å². The first-order valence-electron chi connectivity index (χ1n) is 6.46. The zero-order valence-electron chi connectivity index (χ0n) is 12.1. The van der Waals surface area contributed by atoms with Gasteiger partial charge >= 0.3 is 0 Å². The molecule has 3 heteroatoms. The lowest BCUT2D eigenvalue weighted by Gasteiger charge is -2.19. The molecule has 3 nitrogen and oxygen atoms in total. The number of hydrogen-bond acceptors (Lipinski definition) is 3. The summed E-state index contributed by atoms with van der Waals surface area (Å²) in [5, 5.41) is 3.22. The highest BCUT2D eigenvalue weighted by Gasteiger charge is 2.09. The summed E-state index contributed by atoms with van der Waals surface area (Å²) in [7, 11) is 1.95. The molecule has 1 rings (SSSR count). The van der Waals surface area contributed by atoms with Gasteiger partial charge in [-0.3, -0.25) is 0 Å². The number of benzene rings is 1. The fourth-order valence-electron chi connectivity index (χ4n) is 1.55.